The monoisotopic (exact) mass is 489 g/mol. The van der Waals surface area contributed by atoms with Crippen LogP contribution in [-0.2, 0) is 33.6 Å². The molecule has 0 saturated heterocycles. The van der Waals surface area contributed by atoms with Crippen LogP contribution in [0.2, 0.25) is 0 Å². The van der Waals surface area contributed by atoms with E-state index in [1.165, 1.54) is 0 Å². The molecule has 0 rings (SSSR count). The van der Waals surface area contributed by atoms with Gasteiger partial charge in [0, 0.05) is 6.42 Å². The smallest absolute Gasteiger partial charge is 0.326 e. The molecule has 0 fully saturated rings. The molecular weight excluding hydrogens is 458 g/mol. The number of carboxylic acids is 3. The fourth-order valence-electron chi connectivity index (χ4n) is 2.74. The molecule has 0 aromatic carbocycles. The Labute approximate surface area is 194 Å². The third kappa shape index (κ3) is 12.3. The zero-order valence-electron chi connectivity index (χ0n) is 18.8. The van der Waals surface area contributed by atoms with Gasteiger partial charge >= 0.3 is 17.9 Å². The molecule has 15 nitrogen and oxygen atoms in total. The van der Waals surface area contributed by atoms with Crippen molar-refractivity contribution in [1.82, 2.24) is 16.0 Å². The third-order valence-electron chi connectivity index (χ3n) is 4.37. The van der Waals surface area contributed by atoms with E-state index in [1.54, 1.807) is 13.8 Å². The lowest BCUT2D eigenvalue weighted by Crippen LogP contribution is -2.58. The molecular formula is C19H31N5O10. The van der Waals surface area contributed by atoms with Crippen LogP contribution in [0.25, 0.3) is 0 Å². The molecule has 192 valence electrons. The topological polar surface area (TPSA) is 268 Å². The Balaban J connectivity index is 5.61. The number of aliphatic carboxylic acids is 3. The number of carbonyl (C=O) groups excluding carboxylic acids is 4. The molecule has 0 aromatic rings. The van der Waals surface area contributed by atoms with Gasteiger partial charge in [-0.3, -0.25) is 28.8 Å². The van der Waals surface area contributed by atoms with Crippen molar-refractivity contribution in [1.29, 1.82) is 0 Å². The number of nitrogens with two attached hydrogens (primary N) is 2. The average Bonchev–Trinajstić information content (AvgIpc) is 2.68. The minimum atomic E-state index is -1.66. The number of rotatable bonds is 16. The number of hydrogen-bond donors (Lipinski definition) is 8. The molecule has 4 amide bonds. The second-order valence-corrected chi connectivity index (χ2v) is 7.96. The van der Waals surface area contributed by atoms with E-state index in [4.69, 9.17) is 21.7 Å². The molecule has 4 unspecified atom stereocenters. The van der Waals surface area contributed by atoms with Gasteiger partial charge in [0.2, 0.25) is 23.6 Å². The molecule has 0 aromatic heterocycles. The summed E-state index contributed by atoms with van der Waals surface area (Å²) < 4.78 is 0. The maximum Gasteiger partial charge on any atom is 0.326 e. The molecule has 15 heteroatoms. The predicted octanol–water partition coefficient (Wildman–Crippen LogP) is -2.89. The van der Waals surface area contributed by atoms with E-state index in [0.29, 0.717) is 0 Å². The molecule has 0 saturated carbocycles. The normalized spacial score (nSPS) is 14.2. The molecule has 0 aliphatic rings. The van der Waals surface area contributed by atoms with E-state index in [9.17, 15) is 38.7 Å². The summed E-state index contributed by atoms with van der Waals surface area (Å²) in [4.78, 5) is 81.8. The van der Waals surface area contributed by atoms with Crippen molar-refractivity contribution in [3.63, 3.8) is 0 Å². The summed E-state index contributed by atoms with van der Waals surface area (Å²) in [6.45, 7) is 3.44. The molecule has 10 N–H and O–H groups in total. The summed E-state index contributed by atoms with van der Waals surface area (Å²) in [5.74, 6) is -8.36. The largest absolute Gasteiger partial charge is 0.481 e. The number of hydrogen-bond acceptors (Lipinski definition) is 8. The molecule has 0 radical (unpaired) electrons. The summed E-state index contributed by atoms with van der Waals surface area (Å²) >= 11 is 0. The maximum absolute atomic E-state index is 12.7. The van der Waals surface area contributed by atoms with Crippen LogP contribution < -0.4 is 27.4 Å². The van der Waals surface area contributed by atoms with Crippen molar-refractivity contribution < 1.29 is 48.9 Å². The summed E-state index contributed by atoms with van der Waals surface area (Å²) in [5.41, 5.74) is 10.5. The Morgan fingerprint density at radius 1 is 0.735 bits per heavy atom. The first-order chi connectivity index (χ1) is 15.6. The number of carbonyl (C=O) groups is 7. The van der Waals surface area contributed by atoms with Crippen molar-refractivity contribution in [3.05, 3.63) is 0 Å². The van der Waals surface area contributed by atoms with Gasteiger partial charge < -0.3 is 42.7 Å². The lowest BCUT2D eigenvalue weighted by molar-refractivity contribution is -0.143. The lowest BCUT2D eigenvalue weighted by atomic mass is 10.0. The first kappa shape index (κ1) is 30.2. The highest BCUT2D eigenvalue weighted by Crippen LogP contribution is 2.07. The number of amides is 4. The van der Waals surface area contributed by atoms with E-state index in [1.807, 2.05) is 0 Å². The van der Waals surface area contributed by atoms with Crippen LogP contribution in [0.5, 0.6) is 0 Å². The maximum atomic E-state index is 12.7. The van der Waals surface area contributed by atoms with Gasteiger partial charge in [0.25, 0.3) is 0 Å². The second kappa shape index (κ2) is 14.4. The zero-order chi connectivity index (χ0) is 26.6. The average molecular weight is 489 g/mol. The Hall–Kier alpha value is -3.75. The highest BCUT2D eigenvalue weighted by molar-refractivity contribution is 5.96. The fourth-order valence-corrected chi connectivity index (χ4v) is 2.74. The van der Waals surface area contributed by atoms with Crippen molar-refractivity contribution in [2.45, 2.75) is 70.1 Å². The van der Waals surface area contributed by atoms with Gasteiger partial charge in [-0.15, -0.1) is 0 Å². The number of primary amides is 1. The van der Waals surface area contributed by atoms with Gasteiger partial charge in [-0.2, -0.15) is 0 Å². The van der Waals surface area contributed by atoms with Crippen LogP contribution in [0.3, 0.4) is 0 Å². The standard InChI is InChI=1S/C19H31N5O10/c1-8(2)5-12(19(33)34)24-17(31)10(3-4-14(26)27)22-18(32)11(7-13(21)25)23-16(30)9(20)6-15(28)29/h8-12H,3-7,20H2,1-2H3,(H2,21,25)(H,22,32)(H,23,30)(H,24,31)(H,26,27)(H,28,29)(H,33,34). The van der Waals surface area contributed by atoms with Crippen LogP contribution in [0.15, 0.2) is 0 Å². The van der Waals surface area contributed by atoms with E-state index in [0.717, 1.165) is 0 Å². The molecule has 0 bridgehead atoms. The lowest BCUT2D eigenvalue weighted by Gasteiger charge is -2.25. The second-order valence-electron chi connectivity index (χ2n) is 7.96. The fraction of sp³-hybridized carbons (Fsp3) is 0.632. The van der Waals surface area contributed by atoms with E-state index < -0.39 is 91.4 Å². The highest BCUT2D eigenvalue weighted by atomic mass is 16.4. The van der Waals surface area contributed by atoms with Crippen molar-refractivity contribution in [2.75, 3.05) is 0 Å². The molecule has 0 aliphatic heterocycles. The first-order valence-electron chi connectivity index (χ1n) is 10.2. The quantitative estimate of drug-likeness (QED) is 0.109. The number of carboxylic acid groups (broad SMARTS) is 3. The van der Waals surface area contributed by atoms with Crippen LogP contribution >= 0.6 is 0 Å². The van der Waals surface area contributed by atoms with E-state index >= 15 is 0 Å². The minimum Gasteiger partial charge on any atom is -0.481 e. The molecule has 0 heterocycles. The Bertz CT molecular complexity index is 800. The molecule has 34 heavy (non-hydrogen) atoms. The van der Waals surface area contributed by atoms with Gasteiger partial charge in [0.05, 0.1) is 18.9 Å². The van der Waals surface area contributed by atoms with Crippen LogP contribution in [0.4, 0.5) is 0 Å². The van der Waals surface area contributed by atoms with Gasteiger partial charge in [-0.1, -0.05) is 13.8 Å². The Kier molecular flexibility index (Phi) is 12.8. The summed E-state index contributed by atoms with van der Waals surface area (Å²) in [5, 5.41) is 33.4. The van der Waals surface area contributed by atoms with E-state index in [-0.39, 0.29) is 12.3 Å². The highest BCUT2D eigenvalue weighted by Gasteiger charge is 2.31. The van der Waals surface area contributed by atoms with Gasteiger partial charge in [-0.05, 0) is 18.8 Å². The van der Waals surface area contributed by atoms with Gasteiger partial charge in [0.15, 0.2) is 0 Å². The first-order valence-corrected chi connectivity index (χ1v) is 10.2. The van der Waals surface area contributed by atoms with Crippen LogP contribution in [-0.4, -0.2) is 81.0 Å². The van der Waals surface area contributed by atoms with Crippen molar-refractivity contribution >= 4 is 41.5 Å². The Morgan fingerprint density at radius 3 is 1.68 bits per heavy atom. The summed E-state index contributed by atoms with van der Waals surface area (Å²) in [6, 6.07) is -6.06. The van der Waals surface area contributed by atoms with Gasteiger partial charge in [0.1, 0.15) is 18.1 Å². The summed E-state index contributed by atoms with van der Waals surface area (Å²) in [7, 11) is 0. The third-order valence-corrected chi connectivity index (χ3v) is 4.37. The SMILES string of the molecule is CC(C)CC(NC(=O)C(CCC(=O)O)NC(=O)C(CC(N)=O)NC(=O)C(N)CC(=O)O)C(=O)O. The van der Waals surface area contributed by atoms with Crippen molar-refractivity contribution in [2.24, 2.45) is 17.4 Å². The Morgan fingerprint density at radius 2 is 1.24 bits per heavy atom. The van der Waals surface area contributed by atoms with Crippen LogP contribution in [0.1, 0.15) is 46.0 Å². The van der Waals surface area contributed by atoms with E-state index in [2.05, 4.69) is 16.0 Å². The molecule has 4 atom stereocenters. The van der Waals surface area contributed by atoms with Crippen LogP contribution in [0, 0.1) is 5.92 Å². The zero-order valence-corrected chi connectivity index (χ0v) is 18.8. The molecule has 0 spiro atoms. The number of nitrogens with one attached hydrogen (secondary N) is 3. The molecule has 0 aliphatic carbocycles. The van der Waals surface area contributed by atoms with Gasteiger partial charge in [-0.25, -0.2) is 4.79 Å². The summed E-state index contributed by atoms with van der Waals surface area (Å²) in [6.07, 6.45) is -2.46. The predicted molar refractivity (Wildman–Crippen MR) is 114 cm³/mol. The van der Waals surface area contributed by atoms with Crippen molar-refractivity contribution in [3.8, 4) is 0 Å². The minimum absolute atomic E-state index is 0.0580.